The summed E-state index contributed by atoms with van der Waals surface area (Å²) in [6.45, 7) is 21.7. The van der Waals surface area contributed by atoms with Crippen molar-refractivity contribution in [2.24, 2.45) is 0 Å². The van der Waals surface area contributed by atoms with E-state index < -0.39 is 42.5 Å². The Labute approximate surface area is 360 Å². The lowest BCUT2D eigenvalue weighted by Gasteiger charge is -2.36. The lowest BCUT2D eigenvalue weighted by molar-refractivity contribution is 0.0746. The first-order chi connectivity index (χ1) is 27.7. The fourth-order valence-electron chi connectivity index (χ4n) is 5.71. The van der Waals surface area contributed by atoms with Gasteiger partial charge in [0.15, 0.2) is 36.3 Å². The van der Waals surface area contributed by atoms with E-state index >= 15 is 0 Å². The van der Waals surface area contributed by atoms with Gasteiger partial charge < -0.3 is 18.3 Å². The number of hydrogen-bond acceptors (Lipinski definition) is 9. The molecule has 13 heteroatoms. The first kappa shape index (κ1) is 48.5. The third-order valence-corrected chi connectivity index (χ3v) is 22.9. The van der Waals surface area contributed by atoms with Crippen LogP contribution in [-0.2, 0) is 38.0 Å². The van der Waals surface area contributed by atoms with E-state index in [4.69, 9.17) is 18.3 Å². The van der Waals surface area contributed by atoms with Crippen LogP contribution in [0.2, 0.25) is 36.3 Å². The molecule has 9 nitrogen and oxygen atoms in total. The molecule has 0 aliphatic rings. The molecular weight excluding hydrogens is 829 g/mol. The van der Waals surface area contributed by atoms with Gasteiger partial charge in [-0.3, -0.25) is 0 Å². The van der Waals surface area contributed by atoms with E-state index in [1.807, 2.05) is 60.7 Å². The van der Waals surface area contributed by atoms with Crippen molar-refractivity contribution in [3.8, 4) is 0 Å². The normalized spacial score (nSPS) is 13.9. The van der Waals surface area contributed by atoms with Crippen molar-refractivity contribution in [1.29, 1.82) is 0 Å². The fourth-order valence-corrected chi connectivity index (χ4v) is 8.84. The number of hydrogen-bond donors (Lipinski definition) is 0. The molecule has 0 N–H and O–H groups in total. The first-order valence-electron chi connectivity index (χ1n) is 19.9. The Morgan fingerprint density at radius 3 is 0.983 bits per heavy atom. The van der Waals surface area contributed by atoms with Crippen molar-refractivity contribution in [1.82, 2.24) is 0 Å². The lowest BCUT2D eigenvalue weighted by Crippen LogP contribution is -2.41. The maximum atomic E-state index is 13.8. The Balaban J connectivity index is 1.79. The quantitative estimate of drug-likeness (QED) is 0.0614. The van der Waals surface area contributed by atoms with Crippen LogP contribution in [0.4, 0.5) is 4.79 Å². The van der Waals surface area contributed by atoms with Gasteiger partial charge in [0.25, 0.3) is 0 Å². The summed E-state index contributed by atoms with van der Waals surface area (Å²) in [5, 5.41) is -0.145. The SMILES string of the molecule is CC(C)(C)[Si](C)(C)OC/C(=C(\COC(=O)OC/C(=C(\CO[Si](C)(C)C(C)(C)C)c1ccccc1)c1ccc(S(C)(=O)=O)cc1)c1ccc(S(C)(=O)=O)cc1)c1ccccc1. The molecule has 4 rings (SSSR count). The maximum Gasteiger partial charge on any atom is 0.508 e. The molecular formula is C47H62O9S2Si2. The second kappa shape index (κ2) is 19.3. The Kier molecular flexibility index (Phi) is 15.6. The van der Waals surface area contributed by atoms with Crippen LogP contribution in [0.5, 0.6) is 0 Å². The van der Waals surface area contributed by atoms with Crippen molar-refractivity contribution in [2.75, 3.05) is 38.9 Å². The van der Waals surface area contributed by atoms with Crippen LogP contribution in [0, 0.1) is 0 Å². The molecule has 0 radical (unpaired) electrons. The Bertz CT molecular complexity index is 2210. The molecule has 4 aromatic rings. The van der Waals surface area contributed by atoms with Gasteiger partial charge >= 0.3 is 6.16 Å². The Hall–Kier alpha value is -4.12. The van der Waals surface area contributed by atoms with Crippen LogP contribution in [-0.4, -0.2) is 78.6 Å². The van der Waals surface area contributed by atoms with Gasteiger partial charge in [-0.2, -0.15) is 0 Å². The third-order valence-electron chi connectivity index (χ3n) is 11.7. The minimum Gasteiger partial charge on any atom is -0.429 e. The predicted molar refractivity (Wildman–Crippen MR) is 249 cm³/mol. The van der Waals surface area contributed by atoms with Gasteiger partial charge in [-0.15, -0.1) is 0 Å². The summed E-state index contributed by atoms with van der Waals surface area (Å²) < 4.78 is 75.0. The zero-order chi connectivity index (χ0) is 44.7. The molecule has 0 fully saturated rings. The molecule has 0 aromatic heterocycles. The molecule has 0 amide bonds. The Morgan fingerprint density at radius 2 is 0.717 bits per heavy atom. The monoisotopic (exact) mass is 890 g/mol. The smallest absolute Gasteiger partial charge is 0.429 e. The highest BCUT2D eigenvalue weighted by molar-refractivity contribution is 7.91. The molecule has 324 valence electrons. The summed E-state index contributed by atoms with van der Waals surface area (Å²) >= 11 is 0. The van der Waals surface area contributed by atoms with Crippen LogP contribution in [0.3, 0.4) is 0 Å². The van der Waals surface area contributed by atoms with Gasteiger partial charge in [-0.25, -0.2) is 21.6 Å². The average Bonchev–Trinajstić information content (AvgIpc) is 3.16. The zero-order valence-corrected chi connectivity index (χ0v) is 40.8. The van der Waals surface area contributed by atoms with Gasteiger partial charge in [0.2, 0.25) is 0 Å². The molecule has 0 saturated heterocycles. The van der Waals surface area contributed by atoms with Crippen molar-refractivity contribution >= 4 is 64.8 Å². The topological polar surface area (TPSA) is 122 Å². The number of benzene rings is 4. The molecule has 0 unspecified atom stereocenters. The van der Waals surface area contributed by atoms with Crippen LogP contribution >= 0.6 is 0 Å². The standard InChI is InChI=1S/C47H62O9S2Si2/c1-46(2,3)59(9,10)55-33-43(35-19-15-13-16-20-35)41(37-23-27-39(28-24-37)57(7,49)50)31-53-45(48)54-32-42(38-25-29-40(30-26-38)58(8,51)52)44(36-21-17-14-18-22-36)34-56-60(11,12)47(4,5)6/h13-30H,31-34H2,1-12H3/b43-41-,44-42-. The van der Waals surface area contributed by atoms with Crippen LogP contribution < -0.4 is 0 Å². The summed E-state index contributed by atoms with van der Waals surface area (Å²) in [6, 6.07) is 32.5. The highest BCUT2D eigenvalue weighted by Gasteiger charge is 2.38. The van der Waals surface area contributed by atoms with Gasteiger partial charge in [0, 0.05) is 23.7 Å². The zero-order valence-electron chi connectivity index (χ0n) is 37.2. The highest BCUT2D eigenvalue weighted by atomic mass is 32.2. The predicted octanol–water partition coefficient (Wildman–Crippen LogP) is 11.2. The van der Waals surface area contributed by atoms with Gasteiger partial charge in [-0.1, -0.05) is 126 Å². The van der Waals surface area contributed by atoms with Gasteiger partial charge in [0.05, 0.1) is 23.0 Å². The van der Waals surface area contributed by atoms with Crippen molar-refractivity contribution < 1.29 is 40.0 Å². The third kappa shape index (κ3) is 12.9. The van der Waals surface area contributed by atoms with Gasteiger partial charge in [0.1, 0.15) is 13.2 Å². The van der Waals surface area contributed by atoms with E-state index in [9.17, 15) is 21.6 Å². The summed E-state index contributed by atoms with van der Waals surface area (Å²) in [6.07, 6.45) is 1.39. The van der Waals surface area contributed by atoms with Crippen molar-refractivity contribution in [2.45, 2.75) is 87.6 Å². The van der Waals surface area contributed by atoms with E-state index in [-0.39, 0.29) is 46.3 Å². The van der Waals surface area contributed by atoms with E-state index in [0.717, 1.165) is 34.8 Å². The van der Waals surface area contributed by atoms with Crippen molar-refractivity contribution in [3.05, 3.63) is 131 Å². The second-order valence-electron chi connectivity index (χ2n) is 18.2. The molecule has 0 spiro atoms. The summed E-state index contributed by atoms with van der Waals surface area (Å²) in [7, 11) is -11.4. The molecule has 0 atom stereocenters. The average molecular weight is 891 g/mol. The van der Waals surface area contributed by atoms with E-state index in [2.05, 4.69) is 67.7 Å². The fraction of sp³-hybridized carbons (Fsp3) is 0.383. The van der Waals surface area contributed by atoms with Crippen molar-refractivity contribution in [3.63, 3.8) is 0 Å². The number of ether oxygens (including phenoxy) is 2. The number of carbonyl (C=O) groups excluding carboxylic acids is 1. The highest BCUT2D eigenvalue weighted by Crippen LogP contribution is 2.40. The minimum atomic E-state index is -3.47. The van der Waals surface area contributed by atoms with Crippen LogP contribution in [0.15, 0.2) is 119 Å². The number of carbonyl (C=O) groups is 1. The van der Waals surface area contributed by atoms with E-state index in [1.54, 1.807) is 48.5 Å². The molecule has 0 aliphatic carbocycles. The Morgan fingerprint density at radius 1 is 0.450 bits per heavy atom. The minimum absolute atomic E-state index is 0.0723. The molecule has 0 saturated carbocycles. The lowest BCUT2D eigenvalue weighted by atomic mass is 9.95. The molecule has 0 bridgehead atoms. The molecule has 0 aliphatic heterocycles. The van der Waals surface area contributed by atoms with Gasteiger partial charge in [-0.05, 0) is 93.9 Å². The van der Waals surface area contributed by atoms with Crippen LogP contribution in [0.1, 0.15) is 63.8 Å². The summed E-state index contributed by atoms with van der Waals surface area (Å²) in [4.78, 5) is 14.1. The maximum absolute atomic E-state index is 13.8. The number of sulfone groups is 2. The first-order valence-corrected chi connectivity index (χ1v) is 29.5. The summed E-state index contributed by atoms with van der Waals surface area (Å²) in [5.74, 6) is 0. The summed E-state index contributed by atoms with van der Waals surface area (Å²) in [5.41, 5.74) is 5.91. The van der Waals surface area contributed by atoms with E-state index in [0.29, 0.717) is 22.3 Å². The molecule has 4 aromatic carbocycles. The number of rotatable bonds is 16. The second-order valence-corrected chi connectivity index (χ2v) is 31.8. The molecule has 0 heterocycles. The van der Waals surface area contributed by atoms with Crippen LogP contribution in [0.25, 0.3) is 22.3 Å². The largest absolute Gasteiger partial charge is 0.508 e. The van der Waals surface area contributed by atoms with E-state index in [1.165, 1.54) is 0 Å². The molecule has 60 heavy (non-hydrogen) atoms.